The van der Waals surface area contributed by atoms with Crippen LogP contribution in [0.1, 0.15) is 39.3 Å². The van der Waals surface area contributed by atoms with Crippen LogP contribution in [0.5, 0.6) is 0 Å². The lowest BCUT2D eigenvalue weighted by Gasteiger charge is -2.43. The fourth-order valence-electron chi connectivity index (χ4n) is 5.20. The van der Waals surface area contributed by atoms with Crippen molar-refractivity contribution in [1.29, 1.82) is 0 Å². The molecule has 0 amide bonds. The molecule has 0 aliphatic rings. The van der Waals surface area contributed by atoms with E-state index in [1.807, 2.05) is 0 Å². The number of benzene rings is 5. The number of hydrogen-bond acceptors (Lipinski definition) is 0. The molecule has 0 aliphatic carbocycles. The Morgan fingerprint density at radius 3 is 1.12 bits per heavy atom. The molecule has 0 heteroatoms. The van der Waals surface area contributed by atoms with E-state index in [0.29, 0.717) is 0 Å². The van der Waals surface area contributed by atoms with Crippen LogP contribution in [-0.2, 0) is 5.41 Å². The van der Waals surface area contributed by atoms with Crippen molar-refractivity contribution in [3.05, 3.63) is 179 Å². The fraction of sp³-hybridized carbons (Fsp3) is 0.0909. The highest BCUT2D eigenvalue weighted by Crippen LogP contribution is 2.52. The maximum atomic E-state index is 2.30. The van der Waals surface area contributed by atoms with E-state index in [9.17, 15) is 0 Å². The summed E-state index contributed by atoms with van der Waals surface area (Å²) in [6.45, 7) is 2.15. The first-order chi connectivity index (χ1) is 16.3. The summed E-state index contributed by atoms with van der Waals surface area (Å²) in [5.41, 5.74) is 7.35. The van der Waals surface area contributed by atoms with Crippen molar-refractivity contribution < 1.29 is 0 Å². The van der Waals surface area contributed by atoms with Crippen LogP contribution in [0.3, 0.4) is 0 Å². The second-order valence-electron chi connectivity index (χ2n) is 8.66. The van der Waals surface area contributed by atoms with Crippen molar-refractivity contribution >= 4 is 0 Å². The average molecular weight is 425 g/mol. The van der Waals surface area contributed by atoms with Crippen molar-refractivity contribution in [3.8, 4) is 0 Å². The van der Waals surface area contributed by atoms with Gasteiger partial charge in [0.1, 0.15) is 0 Å². The van der Waals surface area contributed by atoms with Crippen molar-refractivity contribution in [2.75, 3.05) is 0 Å². The van der Waals surface area contributed by atoms with Crippen LogP contribution in [-0.4, -0.2) is 0 Å². The minimum atomic E-state index is -0.402. The summed E-state index contributed by atoms with van der Waals surface area (Å²) in [4.78, 5) is 0. The summed E-state index contributed by atoms with van der Waals surface area (Å²) < 4.78 is 0. The van der Waals surface area contributed by atoms with Gasteiger partial charge in [-0.05, 0) is 34.7 Å². The molecule has 160 valence electrons. The van der Waals surface area contributed by atoms with Gasteiger partial charge in [-0.25, -0.2) is 0 Å². The standard InChI is InChI=1S/C33H28/c1-26-22-24-28(25-23-26)32(27-14-6-2-7-15-27)33(29-16-8-3-9-17-29,30-18-10-4-11-19-30)31-20-12-5-13-21-31/h2-25,32H,1H3/t32-/m0/s1. The van der Waals surface area contributed by atoms with Gasteiger partial charge in [0, 0.05) is 5.92 Å². The molecule has 0 spiro atoms. The molecule has 0 N–H and O–H groups in total. The molecule has 33 heavy (non-hydrogen) atoms. The summed E-state index contributed by atoms with van der Waals surface area (Å²) in [6.07, 6.45) is 0. The average Bonchev–Trinajstić information content (AvgIpc) is 2.90. The Bertz CT molecular complexity index is 1180. The lowest BCUT2D eigenvalue weighted by molar-refractivity contribution is 0.537. The first kappa shape index (κ1) is 21.0. The van der Waals surface area contributed by atoms with Crippen LogP contribution < -0.4 is 0 Å². The monoisotopic (exact) mass is 424 g/mol. The van der Waals surface area contributed by atoms with Gasteiger partial charge in [-0.3, -0.25) is 0 Å². The van der Waals surface area contributed by atoms with Gasteiger partial charge in [0.25, 0.3) is 0 Å². The SMILES string of the molecule is Cc1ccc([C@H](c2ccccc2)C(c2ccccc2)(c2ccccc2)c2ccccc2)cc1. The third kappa shape index (κ3) is 3.90. The van der Waals surface area contributed by atoms with Crippen molar-refractivity contribution in [2.24, 2.45) is 0 Å². The first-order valence-electron chi connectivity index (χ1n) is 11.6. The van der Waals surface area contributed by atoms with Crippen molar-refractivity contribution in [2.45, 2.75) is 18.3 Å². The van der Waals surface area contributed by atoms with E-state index < -0.39 is 5.41 Å². The van der Waals surface area contributed by atoms with Gasteiger partial charge in [0.05, 0.1) is 5.41 Å². The number of rotatable bonds is 6. The van der Waals surface area contributed by atoms with E-state index >= 15 is 0 Å². The topological polar surface area (TPSA) is 0 Å². The zero-order valence-corrected chi connectivity index (χ0v) is 18.9. The second kappa shape index (κ2) is 9.30. The van der Waals surface area contributed by atoms with E-state index in [2.05, 4.69) is 153 Å². The molecule has 0 fully saturated rings. The van der Waals surface area contributed by atoms with Gasteiger partial charge in [-0.1, -0.05) is 151 Å². The van der Waals surface area contributed by atoms with Gasteiger partial charge in [-0.15, -0.1) is 0 Å². The highest BCUT2D eigenvalue weighted by molar-refractivity contribution is 5.58. The van der Waals surface area contributed by atoms with E-state index in [4.69, 9.17) is 0 Å². The Morgan fingerprint density at radius 2 is 0.727 bits per heavy atom. The minimum Gasteiger partial charge on any atom is -0.0622 e. The van der Waals surface area contributed by atoms with Gasteiger partial charge < -0.3 is 0 Å². The Kier molecular flexibility index (Phi) is 5.91. The molecule has 0 saturated heterocycles. The molecule has 0 aliphatic heterocycles. The van der Waals surface area contributed by atoms with Crippen molar-refractivity contribution in [3.63, 3.8) is 0 Å². The lowest BCUT2D eigenvalue weighted by Crippen LogP contribution is -2.37. The third-order valence-electron chi connectivity index (χ3n) is 6.66. The quantitative estimate of drug-likeness (QED) is 0.241. The molecule has 0 saturated carbocycles. The molecule has 0 aromatic heterocycles. The van der Waals surface area contributed by atoms with Gasteiger partial charge in [-0.2, -0.15) is 0 Å². The molecule has 5 aromatic rings. The molecule has 5 aromatic carbocycles. The van der Waals surface area contributed by atoms with Crippen LogP contribution in [0.25, 0.3) is 0 Å². The maximum Gasteiger partial charge on any atom is 0.0560 e. The molecule has 0 bridgehead atoms. The van der Waals surface area contributed by atoms with Crippen LogP contribution >= 0.6 is 0 Å². The Morgan fingerprint density at radius 1 is 0.394 bits per heavy atom. The molecule has 0 nitrogen and oxygen atoms in total. The van der Waals surface area contributed by atoms with Gasteiger partial charge >= 0.3 is 0 Å². The van der Waals surface area contributed by atoms with E-state index in [1.54, 1.807) is 0 Å². The summed E-state index contributed by atoms with van der Waals surface area (Å²) in [5, 5.41) is 0. The number of hydrogen-bond donors (Lipinski definition) is 0. The van der Waals surface area contributed by atoms with Crippen LogP contribution in [0, 0.1) is 6.92 Å². The molecule has 1 atom stereocenters. The van der Waals surface area contributed by atoms with Gasteiger partial charge in [0.15, 0.2) is 0 Å². The normalized spacial score (nSPS) is 12.3. The summed E-state index contributed by atoms with van der Waals surface area (Å²) in [6, 6.07) is 53.0. The lowest BCUT2D eigenvalue weighted by atomic mass is 9.58. The maximum absolute atomic E-state index is 2.30. The predicted octanol–water partition coefficient (Wildman–Crippen LogP) is 8.16. The molecular formula is C33H28. The summed E-state index contributed by atoms with van der Waals surface area (Å²) >= 11 is 0. The zero-order chi connectivity index (χ0) is 22.5. The summed E-state index contributed by atoms with van der Waals surface area (Å²) in [5.74, 6) is 0.0894. The van der Waals surface area contributed by atoms with Crippen LogP contribution in [0.4, 0.5) is 0 Å². The largest absolute Gasteiger partial charge is 0.0622 e. The molecular weight excluding hydrogens is 396 g/mol. The summed E-state index contributed by atoms with van der Waals surface area (Å²) in [7, 11) is 0. The second-order valence-corrected chi connectivity index (χ2v) is 8.66. The van der Waals surface area contributed by atoms with Crippen LogP contribution in [0.2, 0.25) is 0 Å². The van der Waals surface area contributed by atoms with E-state index in [0.717, 1.165) is 0 Å². The minimum absolute atomic E-state index is 0.0894. The van der Waals surface area contributed by atoms with Crippen molar-refractivity contribution in [1.82, 2.24) is 0 Å². The highest BCUT2D eigenvalue weighted by atomic mass is 14.5. The molecule has 0 heterocycles. The fourth-order valence-corrected chi connectivity index (χ4v) is 5.20. The van der Waals surface area contributed by atoms with E-state index in [-0.39, 0.29) is 5.92 Å². The number of aryl methyl sites for hydroxylation is 1. The highest BCUT2D eigenvalue weighted by Gasteiger charge is 2.45. The smallest absolute Gasteiger partial charge is 0.0560 e. The Hall–Kier alpha value is -3.90. The first-order valence-corrected chi connectivity index (χ1v) is 11.6. The Balaban J connectivity index is 1.94. The van der Waals surface area contributed by atoms with Crippen LogP contribution in [0.15, 0.2) is 146 Å². The molecule has 5 rings (SSSR count). The van der Waals surface area contributed by atoms with Gasteiger partial charge in [0.2, 0.25) is 0 Å². The third-order valence-corrected chi connectivity index (χ3v) is 6.66. The van der Waals surface area contributed by atoms with E-state index in [1.165, 1.54) is 33.4 Å². The zero-order valence-electron chi connectivity index (χ0n) is 18.9. The Labute approximate surface area is 197 Å². The molecule has 0 unspecified atom stereocenters. The molecule has 0 radical (unpaired) electrons. The predicted molar refractivity (Wildman–Crippen MR) is 139 cm³/mol.